The number of morpholine rings is 1. The van der Waals surface area contributed by atoms with Gasteiger partial charge in [0, 0.05) is 32.7 Å². The van der Waals surface area contributed by atoms with Crippen LogP contribution in [0.2, 0.25) is 0 Å². The van der Waals surface area contributed by atoms with Crippen LogP contribution in [0.5, 0.6) is 0 Å². The molecule has 6 nitrogen and oxygen atoms in total. The second kappa shape index (κ2) is 8.20. The summed E-state index contributed by atoms with van der Waals surface area (Å²) >= 11 is 0. The number of hydrogen-bond acceptors (Lipinski definition) is 5. The Morgan fingerprint density at radius 3 is 2.85 bits per heavy atom. The molecule has 1 amide bonds. The van der Waals surface area contributed by atoms with Crippen molar-refractivity contribution in [2.75, 3.05) is 52.5 Å². The van der Waals surface area contributed by atoms with Crippen molar-refractivity contribution in [3.63, 3.8) is 0 Å². The van der Waals surface area contributed by atoms with Crippen molar-refractivity contribution in [3.8, 4) is 6.07 Å². The van der Waals surface area contributed by atoms with Gasteiger partial charge >= 0.3 is 0 Å². The van der Waals surface area contributed by atoms with Gasteiger partial charge < -0.3 is 15.0 Å². The van der Waals surface area contributed by atoms with Crippen molar-refractivity contribution in [1.82, 2.24) is 15.1 Å². The number of nitrogens with one attached hydrogen (secondary N) is 1. The third-order valence-electron chi connectivity index (χ3n) is 3.95. The van der Waals surface area contributed by atoms with Crippen LogP contribution in [-0.4, -0.2) is 74.2 Å². The van der Waals surface area contributed by atoms with Crippen LogP contribution in [0.1, 0.15) is 19.3 Å². The fourth-order valence-corrected chi connectivity index (χ4v) is 2.72. The molecule has 0 aromatic heterocycles. The Morgan fingerprint density at radius 1 is 1.40 bits per heavy atom. The molecule has 0 spiro atoms. The SMILES string of the molecule is N#CCCN(CCN1CCOCC1)C(=O)[C@@H]1CCCN1. The molecule has 1 N–H and O–H groups in total. The van der Waals surface area contributed by atoms with Crippen LogP contribution in [0.3, 0.4) is 0 Å². The molecule has 0 unspecified atom stereocenters. The molecular weight excluding hydrogens is 256 g/mol. The van der Waals surface area contributed by atoms with Crippen molar-refractivity contribution in [2.45, 2.75) is 25.3 Å². The smallest absolute Gasteiger partial charge is 0.239 e. The van der Waals surface area contributed by atoms with Gasteiger partial charge in [-0.3, -0.25) is 9.69 Å². The van der Waals surface area contributed by atoms with Gasteiger partial charge in [-0.15, -0.1) is 0 Å². The minimum Gasteiger partial charge on any atom is -0.379 e. The predicted octanol–water partition coefficient (Wildman–Crippen LogP) is -0.187. The zero-order valence-electron chi connectivity index (χ0n) is 12.0. The lowest BCUT2D eigenvalue weighted by Crippen LogP contribution is -2.48. The number of hydrogen-bond donors (Lipinski definition) is 1. The summed E-state index contributed by atoms with van der Waals surface area (Å²) in [5.74, 6) is 0.158. The molecule has 0 aromatic rings. The Balaban J connectivity index is 1.82. The number of amides is 1. The van der Waals surface area contributed by atoms with Gasteiger partial charge in [0.05, 0.1) is 31.7 Å². The van der Waals surface area contributed by atoms with Crippen LogP contribution in [0.4, 0.5) is 0 Å². The molecule has 6 heteroatoms. The van der Waals surface area contributed by atoms with Gasteiger partial charge in [0.15, 0.2) is 0 Å². The van der Waals surface area contributed by atoms with E-state index in [0.29, 0.717) is 19.5 Å². The fraction of sp³-hybridized carbons (Fsp3) is 0.857. The summed E-state index contributed by atoms with van der Waals surface area (Å²) in [5, 5.41) is 12.0. The number of rotatable bonds is 6. The molecule has 2 aliphatic heterocycles. The molecule has 0 aromatic carbocycles. The lowest BCUT2D eigenvalue weighted by Gasteiger charge is -2.31. The molecule has 2 fully saturated rings. The van der Waals surface area contributed by atoms with Crippen molar-refractivity contribution in [1.29, 1.82) is 5.26 Å². The number of carbonyl (C=O) groups is 1. The van der Waals surface area contributed by atoms with Gasteiger partial charge in [0.2, 0.25) is 5.91 Å². The van der Waals surface area contributed by atoms with E-state index in [1.165, 1.54) is 0 Å². The van der Waals surface area contributed by atoms with Crippen molar-refractivity contribution in [3.05, 3.63) is 0 Å². The van der Waals surface area contributed by atoms with Gasteiger partial charge in [0.25, 0.3) is 0 Å². The van der Waals surface area contributed by atoms with E-state index in [-0.39, 0.29) is 11.9 Å². The summed E-state index contributed by atoms with van der Waals surface area (Å²) in [5.41, 5.74) is 0. The van der Waals surface area contributed by atoms with E-state index in [4.69, 9.17) is 10.00 Å². The van der Waals surface area contributed by atoms with Crippen LogP contribution in [0.15, 0.2) is 0 Å². The standard InChI is InChI=1S/C14H24N4O2/c15-4-2-6-18(14(19)13-3-1-5-16-13)8-7-17-9-11-20-12-10-17/h13,16H,1-3,5-12H2/t13-/m0/s1. The zero-order valence-corrected chi connectivity index (χ0v) is 12.0. The molecule has 2 rings (SSSR count). The molecule has 0 bridgehead atoms. The van der Waals surface area contributed by atoms with Crippen molar-refractivity contribution >= 4 is 5.91 Å². The molecular formula is C14H24N4O2. The third-order valence-corrected chi connectivity index (χ3v) is 3.95. The monoisotopic (exact) mass is 280 g/mol. The first-order valence-corrected chi connectivity index (χ1v) is 7.50. The molecule has 0 aliphatic carbocycles. The van der Waals surface area contributed by atoms with Crippen molar-refractivity contribution < 1.29 is 9.53 Å². The Kier molecular flexibility index (Phi) is 6.25. The first kappa shape index (κ1) is 15.2. The molecule has 0 saturated carbocycles. The lowest BCUT2D eigenvalue weighted by atomic mass is 10.2. The maximum Gasteiger partial charge on any atom is 0.239 e. The average molecular weight is 280 g/mol. The quantitative estimate of drug-likeness (QED) is 0.730. The first-order chi connectivity index (χ1) is 9.81. The molecule has 112 valence electrons. The van der Waals surface area contributed by atoms with E-state index in [1.54, 1.807) is 0 Å². The summed E-state index contributed by atoms with van der Waals surface area (Å²) in [6.07, 6.45) is 2.38. The fourth-order valence-electron chi connectivity index (χ4n) is 2.72. The highest BCUT2D eigenvalue weighted by atomic mass is 16.5. The normalized spacial score (nSPS) is 23.4. The van der Waals surface area contributed by atoms with E-state index in [0.717, 1.165) is 52.2 Å². The minimum atomic E-state index is -0.0432. The third kappa shape index (κ3) is 4.44. The largest absolute Gasteiger partial charge is 0.379 e. The first-order valence-electron chi connectivity index (χ1n) is 7.50. The number of carbonyl (C=O) groups excluding carboxylic acids is 1. The van der Waals surface area contributed by atoms with Crippen LogP contribution in [-0.2, 0) is 9.53 Å². The lowest BCUT2D eigenvalue weighted by molar-refractivity contribution is -0.133. The number of nitriles is 1. The van der Waals surface area contributed by atoms with E-state index in [2.05, 4.69) is 16.3 Å². The highest BCUT2D eigenvalue weighted by Crippen LogP contribution is 2.09. The summed E-state index contributed by atoms with van der Waals surface area (Å²) in [4.78, 5) is 16.6. The van der Waals surface area contributed by atoms with Gasteiger partial charge in [-0.1, -0.05) is 0 Å². The van der Waals surface area contributed by atoms with Crippen LogP contribution >= 0.6 is 0 Å². The van der Waals surface area contributed by atoms with Gasteiger partial charge in [-0.05, 0) is 19.4 Å². The molecule has 2 aliphatic rings. The number of nitrogens with zero attached hydrogens (tertiary/aromatic N) is 3. The number of ether oxygens (including phenoxy) is 1. The highest BCUT2D eigenvalue weighted by Gasteiger charge is 2.26. The topological polar surface area (TPSA) is 68.6 Å². The molecule has 20 heavy (non-hydrogen) atoms. The van der Waals surface area contributed by atoms with Crippen molar-refractivity contribution in [2.24, 2.45) is 0 Å². The Labute approximate surface area is 120 Å². The highest BCUT2D eigenvalue weighted by molar-refractivity contribution is 5.82. The molecule has 0 radical (unpaired) electrons. The van der Waals surface area contributed by atoms with Crippen LogP contribution in [0.25, 0.3) is 0 Å². The average Bonchev–Trinajstić information content (AvgIpc) is 3.02. The predicted molar refractivity (Wildman–Crippen MR) is 75.1 cm³/mol. The van der Waals surface area contributed by atoms with Crippen LogP contribution < -0.4 is 5.32 Å². The molecule has 2 heterocycles. The Hall–Kier alpha value is -1.16. The summed E-state index contributed by atoms with van der Waals surface area (Å²) in [6.45, 7) is 6.45. The second-order valence-electron chi connectivity index (χ2n) is 5.34. The van der Waals surface area contributed by atoms with Gasteiger partial charge in [-0.2, -0.15) is 5.26 Å². The minimum absolute atomic E-state index is 0.0432. The summed E-state index contributed by atoms with van der Waals surface area (Å²) in [6, 6.07) is 2.09. The Morgan fingerprint density at radius 2 is 2.20 bits per heavy atom. The molecule has 2 saturated heterocycles. The van der Waals surface area contributed by atoms with Gasteiger partial charge in [-0.25, -0.2) is 0 Å². The summed E-state index contributed by atoms with van der Waals surface area (Å²) < 4.78 is 5.32. The van der Waals surface area contributed by atoms with E-state index >= 15 is 0 Å². The van der Waals surface area contributed by atoms with E-state index in [1.807, 2.05) is 4.90 Å². The van der Waals surface area contributed by atoms with E-state index in [9.17, 15) is 4.79 Å². The van der Waals surface area contributed by atoms with E-state index < -0.39 is 0 Å². The zero-order chi connectivity index (χ0) is 14.2. The maximum absolute atomic E-state index is 12.4. The summed E-state index contributed by atoms with van der Waals surface area (Å²) in [7, 11) is 0. The maximum atomic E-state index is 12.4. The second-order valence-corrected chi connectivity index (χ2v) is 5.34. The molecule has 1 atom stereocenters. The Bertz CT molecular complexity index is 344. The van der Waals surface area contributed by atoms with Gasteiger partial charge in [0.1, 0.15) is 0 Å². The van der Waals surface area contributed by atoms with Crippen LogP contribution in [0, 0.1) is 11.3 Å².